The summed E-state index contributed by atoms with van der Waals surface area (Å²) in [5, 5.41) is 4.26. The van der Waals surface area contributed by atoms with Crippen molar-refractivity contribution in [2.75, 3.05) is 33.3 Å². The highest BCUT2D eigenvalue weighted by Crippen LogP contribution is 2.26. The standard InChI is InChI=1S/C24H32N6O2/c1-18-26-15-19(16-27-18)17-29-11-6-21(7-12-29)24(31)30-13-8-20(9-14-30)23(28-32-2)22-5-3-4-10-25-22/h3-5,10,15-16,20-21H,6-9,11-14,17H2,1-2H3/b28-23-. The number of pyridine rings is 1. The molecule has 2 aliphatic heterocycles. The van der Waals surface area contributed by atoms with Crippen LogP contribution in [0.15, 0.2) is 41.9 Å². The van der Waals surface area contributed by atoms with Gasteiger partial charge in [-0.1, -0.05) is 11.2 Å². The first-order valence-corrected chi connectivity index (χ1v) is 11.4. The monoisotopic (exact) mass is 436 g/mol. The number of rotatable bonds is 6. The topological polar surface area (TPSA) is 83.8 Å². The molecule has 8 nitrogen and oxygen atoms in total. The fourth-order valence-electron chi connectivity index (χ4n) is 4.67. The number of aromatic nitrogens is 3. The highest BCUT2D eigenvalue weighted by atomic mass is 16.6. The van der Waals surface area contributed by atoms with E-state index >= 15 is 0 Å². The largest absolute Gasteiger partial charge is 0.399 e. The van der Waals surface area contributed by atoms with Gasteiger partial charge in [0.1, 0.15) is 18.6 Å². The van der Waals surface area contributed by atoms with Crippen molar-refractivity contribution in [3.63, 3.8) is 0 Å². The molecule has 170 valence electrons. The van der Waals surface area contributed by atoms with Gasteiger partial charge in [0, 0.05) is 55.6 Å². The second-order valence-electron chi connectivity index (χ2n) is 8.66. The highest BCUT2D eigenvalue weighted by molar-refractivity contribution is 6.00. The molecule has 2 aromatic heterocycles. The van der Waals surface area contributed by atoms with Crippen LogP contribution in [0.5, 0.6) is 0 Å². The maximum atomic E-state index is 13.1. The quantitative estimate of drug-likeness (QED) is 0.511. The molecule has 0 unspecified atom stereocenters. The van der Waals surface area contributed by atoms with Gasteiger partial charge in [-0.25, -0.2) is 9.97 Å². The van der Waals surface area contributed by atoms with Crippen LogP contribution < -0.4 is 0 Å². The zero-order valence-electron chi connectivity index (χ0n) is 19.0. The molecule has 0 atom stereocenters. The number of carbonyl (C=O) groups excluding carboxylic acids is 1. The molecule has 0 aromatic carbocycles. The Labute approximate surface area is 189 Å². The van der Waals surface area contributed by atoms with Gasteiger partial charge in [0.05, 0.1) is 5.69 Å². The molecule has 0 bridgehead atoms. The fraction of sp³-hybridized carbons (Fsp3) is 0.542. The number of likely N-dealkylation sites (tertiary alicyclic amines) is 2. The number of carbonyl (C=O) groups is 1. The summed E-state index contributed by atoms with van der Waals surface area (Å²) in [6, 6.07) is 5.82. The molecule has 0 N–H and O–H groups in total. The van der Waals surface area contributed by atoms with Crippen molar-refractivity contribution in [1.82, 2.24) is 24.8 Å². The Bertz CT molecular complexity index is 902. The van der Waals surface area contributed by atoms with Crippen LogP contribution in [0.25, 0.3) is 0 Å². The summed E-state index contributed by atoms with van der Waals surface area (Å²) in [6.07, 6.45) is 9.17. The van der Waals surface area contributed by atoms with Gasteiger partial charge in [0.2, 0.25) is 5.91 Å². The number of amides is 1. The Hall–Kier alpha value is -2.87. The fourth-order valence-corrected chi connectivity index (χ4v) is 4.67. The molecule has 32 heavy (non-hydrogen) atoms. The van der Waals surface area contributed by atoms with Gasteiger partial charge in [-0.05, 0) is 57.8 Å². The summed E-state index contributed by atoms with van der Waals surface area (Å²) >= 11 is 0. The van der Waals surface area contributed by atoms with E-state index < -0.39 is 0 Å². The maximum Gasteiger partial charge on any atom is 0.225 e. The Morgan fingerprint density at radius 2 is 1.72 bits per heavy atom. The first-order valence-electron chi connectivity index (χ1n) is 11.4. The Kier molecular flexibility index (Phi) is 7.42. The molecule has 2 aromatic rings. The molecule has 4 rings (SSSR count). The summed E-state index contributed by atoms with van der Waals surface area (Å²) in [5.74, 6) is 1.49. The van der Waals surface area contributed by atoms with Gasteiger partial charge in [-0.15, -0.1) is 0 Å². The molecule has 4 heterocycles. The molecule has 0 spiro atoms. The molecular formula is C24H32N6O2. The van der Waals surface area contributed by atoms with Gasteiger partial charge in [-0.3, -0.25) is 14.7 Å². The van der Waals surface area contributed by atoms with Crippen molar-refractivity contribution in [2.45, 2.75) is 39.2 Å². The smallest absolute Gasteiger partial charge is 0.225 e. The van der Waals surface area contributed by atoms with E-state index in [0.717, 1.165) is 81.2 Å². The Morgan fingerprint density at radius 1 is 1.03 bits per heavy atom. The normalized spacial score (nSPS) is 19.2. The summed E-state index contributed by atoms with van der Waals surface area (Å²) in [6.45, 7) is 6.14. The maximum absolute atomic E-state index is 13.1. The molecule has 0 radical (unpaired) electrons. The van der Waals surface area contributed by atoms with E-state index in [1.165, 1.54) is 0 Å². The molecule has 2 aliphatic rings. The zero-order chi connectivity index (χ0) is 22.3. The molecule has 0 aliphatic carbocycles. The lowest BCUT2D eigenvalue weighted by atomic mass is 9.88. The van der Waals surface area contributed by atoms with Gasteiger partial charge < -0.3 is 9.74 Å². The first-order chi connectivity index (χ1) is 15.6. The predicted octanol–water partition coefficient (Wildman–Crippen LogP) is 2.68. The minimum absolute atomic E-state index is 0.125. The highest BCUT2D eigenvalue weighted by Gasteiger charge is 2.32. The van der Waals surface area contributed by atoms with Crippen molar-refractivity contribution < 1.29 is 9.63 Å². The van der Waals surface area contributed by atoms with Crippen molar-refractivity contribution in [3.8, 4) is 0 Å². The molecule has 0 saturated carbocycles. The van der Waals surface area contributed by atoms with Crippen molar-refractivity contribution >= 4 is 11.6 Å². The molecule has 8 heteroatoms. The SMILES string of the molecule is CO/N=C(\c1ccccn1)C1CCN(C(=O)C2CCN(Cc3cnc(C)nc3)CC2)CC1. The van der Waals surface area contributed by atoms with Crippen molar-refractivity contribution in [1.29, 1.82) is 0 Å². The predicted molar refractivity (Wildman–Crippen MR) is 122 cm³/mol. The average Bonchev–Trinajstić information content (AvgIpc) is 2.85. The van der Waals surface area contributed by atoms with Gasteiger partial charge in [0.15, 0.2) is 0 Å². The summed E-state index contributed by atoms with van der Waals surface area (Å²) < 4.78 is 0. The number of hydrogen-bond donors (Lipinski definition) is 0. The Morgan fingerprint density at radius 3 is 2.34 bits per heavy atom. The average molecular weight is 437 g/mol. The molecule has 1 amide bonds. The van der Waals surface area contributed by atoms with Crippen molar-refractivity contribution in [2.24, 2.45) is 17.0 Å². The number of nitrogens with zero attached hydrogens (tertiary/aromatic N) is 6. The van der Waals surface area contributed by atoms with Crippen LogP contribution >= 0.6 is 0 Å². The van der Waals surface area contributed by atoms with E-state index in [4.69, 9.17) is 4.84 Å². The summed E-state index contributed by atoms with van der Waals surface area (Å²) in [7, 11) is 1.57. The minimum atomic E-state index is 0.125. The number of oxime groups is 1. The summed E-state index contributed by atoms with van der Waals surface area (Å²) in [4.78, 5) is 35.7. The minimum Gasteiger partial charge on any atom is -0.399 e. The second-order valence-corrected chi connectivity index (χ2v) is 8.66. The van der Waals surface area contributed by atoms with Crippen LogP contribution in [-0.4, -0.2) is 69.7 Å². The van der Waals surface area contributed by atoms with E-state index in [2.05, 4.69) is 25.0 Å². The van der Waals surface area contributed by atoms with E-state index in [0.29, 0.717) is 5.91 Å². The van der Waals surface area contributed by atoms with Crippen molar-refractivity contribution in [3.05, 3.63) is 53.9 Å². The van der Waals surface area contributed by atoms with Gasteiger partial charge in [0.25, 0.3) is 0 Å². The third-order valence-electron chi connectivity index (χ3n) is 6.49. The lowest BCUT2D eigenvalue weighted by molar-refractivity contribution is -0.138. The second kappa shape index (κ2) is 10.6. The lowest BCUT2D eigenvalue weighted by Crippen LogP contribution is -2.46. The molecule has 2 saturated heterocycles. The number of piperidine rings is 2. The van der Waals surface area contributed by atoms with Crippen LogP contribution in [0.2, 0.25) is 0 Å². The van der Waals surface area contributed by atoms with Crippen LogP contribution in [0.3, 0.4) is 0 Å². The molecule has 2 fully saturated rings. The van der Waals surface area contributed by atoms with Gasteiger partial charge in [-0.2, -0.15) is 0 Å². The Balaban J connectivity index is 1.26. The van der Waals surface area contributed by atoms with E-state index in [-0.39, 0.29) is 11.8 Å². The summed E-state index contributed by atoms with van der Waals surface area (Å²) in [5.41, 5.74) is 2.86. The number of aryl methyl sites for hydroxylation is 1. The van der Waals surface area contributed by atoms with Gasteiger partial charge >= 0.3 is 0 Å². The van der Waals surface area contributed by atoms with Crippen LogP contribution in [0.4, 0.5) is 0 Å². The van der Waals surface area contributed by atoms with E-state index in [1.807, 2.05) is 42.4 Å². The lowest BCUT2D eigenvalue weighted by Gasteiger charge is -2.37. The third kappa shape index (κ3) is 5.48. The van der Waals surface area contributed by atoms with E-state index in [1.54, 1.807) is 13.3 Å². The zero-order valence-corrected chi connectivity index (χ0v) is 19.0. The third-order valence-corrected chi connectivity index (χ3v) is 6.49. The van der Waals surface area contributed by atoms with E-state index in [9.17, 15) is 4.79 Å². The molecular weight excluding hydrogens is 404 g/mol. The van der Waals surface area contributed by atoms with Crippen LogP contribution in [0.1, 0.15) is 42.8 Å². The number of hydrogen-bond acceptors (Lipinski definition) is 7. The van der Waals surface area contributed by atoms with Crippen LogP contribution in [0, 0.1) is 18.8 Å². The van der Waals surface area contributed by atoms with Crippen LogP contribution in [-0.2, 0) is 16.2 Å². The first kappa shape index (κ1) is 22.3.